The fraction of sp³-hybridized carbons (Fsp3) is 0.350. The van der Waals surface area contributed by atoms with E-state index in [1.165, 1.54) is 4.90 Å². The highest BCUT2D eigenvalue weighted by molar-refractivity contribution is 6.00. The van der Waals surface area contributed by atoms with Gasteiger partial charge in [-0.3, -0.25) is 14.7 Å². The summed E-state index contributed by atoms with van der Waals surface area (Å²) in [7, 11) is 0. The van der Waals surface area contributed by atoms with Gasteiger partial charge in [-0.1, -0.05) is 30.3 Å². The lowest BCUT2D eigenvalue weighted by molar-refractivity contribution is -0.137. The average molecular weight is 350 g/mol. The molecule has 0 radical (unpaired) electrons. The van der Waals surface area contributed by atoms with E-state index >= 15 is 0 Å². The largest absolute Gasteiger partial charge is 0.327 e. The fourth-order valence-electron chi connectivity index (χ4n) is 3.80. The first-order chi connectivity index (χ1) is 12.7. The van der Waals surface area contributed by atoms with Crippen LogP contribution in [0, 0.1) is 0 Å². The maximum atomic E-state index is 13.2. The van der Waals surface area contributed by atoms with Gasteiger partial charge < -0.3 is 10.2 Å². The lowest BCUT2D eigenvalue weighted by atomic mass is 9.93. The molecule has 0 aliphatic carbocycles. The molecule has 4 rings (SSSR count). The first-order valence-corrected chi connectivity index (χ1v) is 9.02. The summed E-state index contributed by atoms with van der Waals surface area (Å²) in [5.74, 6) is -0.124. The molecule has 1 N–H and O–H groups in total. The topological polar surface area (TPSA) is 65.5 Å². The van der Waals surface area contributed by atoms with Gasteiger partial charge in [0.25, 0.3) is 0 Å². The number of nitrogens with one attached hydrogen (secondary N) is 1. The van der Waals surface area contributed by atoms with E-state index in [1.807, 2.05) is 47.4 Å². The predicted molar refractivity (Wildman–Crippen MR) is 97.0 cm³/mol. The number of rotatable bonds is 4. The van der Waals surface area contributed by atoms with E-state index in [-0.39, 0.29) is 30.6 Å². The molecule has 1 aromatic carbocycles. The molecule has 1 aromatic heterocycles. The monoisotopic (exact) mass is 350 g/mol. The number of aromatic nitrogens is 1. The number of amides is 3. The van der Waals surface area contributed by atoms with Crippen LogP contribution in [0.15, 0.2) is 54.9 Å². The summed E-state index contributed by atoms with van der Waals surface area (Å²) < 4.78 is 0. The number of benzene rings is 1. The van der Waals surface area contributed by atoms with Crippen LogP contribution in [-0.2, 0) is 17.9 Å². The molecule has 3 amide bonds. The summed E-state index contributed by atoms with van der Waals surface area (Å²) >= 11 is 0. The Morgan fingerprint density at radius 2 is 1.73 bits per heavy atom. The van der Waals surface area contributed by atoms with Gasteiger partial charge in [0.15, 0.2) is 0 Å². The van der Waals surface area contributed by atoms with Crippen LogP contribution in [0.5, 0.6) is 0 Å². The van der Waals surface area contributed by atoms with Crippen LogP contribution in [0.4, 0.5) is 4.79 Å². The van der Waals surface area contributed by atoms with Crippen LogP contribution in [0.2, 0.25) is 0 Å². The van der Waals surface area contributed by atoms with Crippen molar-refractivity contribution >= 4 is 11.9 Å². The van der Waals surface area contributed by atoms with Crippen LogP contribution in [0.25, 0.3) is 0 Å². The van der Waals surface area contributed by atoms with E-state index in [1.54, 1.807) is 12.4 Å². The van der Waals surface area contributed by atoms with Crippen molar-refractivity contribution in [3.8, 4) is 0 Å². The van der Waals surface area contributed by atoms with Crippen LogP contribution >= 0.6 is 0 Å². The minimum Gasteiger partial charge on any atom is -0.315 e. The number of piperidine rings is 1. The molecular formula is C20H22N4O2. The van der Waals surface area contributed by atoms with Crippen LogP contribution in [-0.4, -0.2) is 45.4 Å². The molecule has 134 valence electrons. The Kier molecular flexibility index (Phi) is 4.67. The average Bonchev–Trinajstić information content (AvgIpc) is 2.70. The second-order valence-electron chi connectivity index (χ2n) is 6.82. The van der Waals surface area contributed by atoms with Gasteiger partial charge in [0.1, 0.15) is 6.04 Å². The Morgan fingerprint density at radius 1 is 1.00 bits per heavy atom. The van der Waals surface area contributed by atoms with Crippen LogP contribution in [0.1, 0.15) is 24.0 Å². The molecular weight excluding hydrogens is 328 g/mol. The highest BCUT2D eigenvalue weighted by Crippen LogP contribution is 2.27. The predicted octanol–water partition coefficient (Wildman–Crippen LogP) is 2.17. The molecule has 2 atom stereocenters. The van der Waals surface area contributed by atoms with Gasteiger partial charge in [0, 0.05) is 18.9 Å². The van der Waals surface area contributed by atoms with Crippen molar-refractivity contribution < 1.29 is 9.59 Å². The van der Waals surface area contributed by atoms with Gasteiger partial charge in [0.05, 0.1) is 12.6 Å². The summed E-state index contributed by atoms with van der Waals surface area (Å²) in [6, 6.07) is 13.0. The van der Waals surface area contributed by atoms with Gasteiger partial charge in [-0.15, -0.1) is 0 Å². The van der Waals surface area contributed by atoms with Crippen molar-refractivity contribution in [3.63, 3.8) is 0 Å². The number of nitrogens with zero attached hydrogens (tertiary/aromatic N) is 3. The van der Waals surface area contributed by atoms with Gasteiger partial charge >= 0.3 is 6.03 Å². The highest BCUT2D eigenvalue weighted by Gasteiger charge is 2.46. The van der Waals surface area contributed by atoms with E-state index in [0.717, 1.165) is 30.5 Å². The number of urea groups is 1. The summed E-state index contributed by atoms with van der Waals surface area (Å²) in [6.45, 7) is 1.60. The smallest absolute Gasteiger partial charge is 0.315 e. The maximum absolute atomic E-state index is 13.2. The number of hydrogen-bond donors (Lipinski definition) is 1. The minimum absolute atomic E-state index is 0.0855. The standard InChI is InChI=1S/C20H22N4O2/c25-19-18-17(7-4-10-22-18)23(13-15-5-2-1-3-6-15)20(26)24(19)14-16-8-11-21-12-9-16/h1-3,5-6,8-9,11-12,17-18,22H,4,7,10,13-14H2. The Hall–Kier alpha value is -2.73. The van der Waals surface area contributed by atoms with Crippen molar-refractivity contribution in [1.29, 1.82) is 0 Å². The number of carbonyl (C=O) groups is 2. The molecule has 26 heavy (non-hydrogen) atoms. The van der Waals surface area contributed by atoms with Gasteiger partial charge in [-0.2, -0.15) is 0 Å². The van der Waals surface area contributed by atoms with Crippen molar-refractivity contribution in [2.45, 2.75) is 38.0 Å². The summed E-state index contributed by atoms with van der Waals surface area (Å²) in [5.41, 5.74) is 1.97. The Bertz CT molecular complexity index is 781. The Labute approximate surface area is 152 Å². The summed E-state index contributed by atoms with van der Waals surface area (Å²) in [4.78, 5) is 33.4. The van der Waals surface area contributed by atoms with Gasteiger partial charge in [0.2, 0.25) is 5.91 Å². The minimum atomic E-state index is -0.327. The van der Waals surface area contributed by atoms with Crippen molar-refractivity contribution in [1.82, 2.24) is 20.1 Å². The third-order valence-electron chi connectivity index (χ3n) is 5.12. The normalized spacial score (nSPS) is 23.1. The molecule has 2 aliphatic heterocycles. The molecule has 2 fully saturated rings. The SMILES string of the molecule is O=C1C2NCCCC2N(Cc2ccccc2)C(=O)N1Cc1ccncc1. The molecule has 6 heteroatoms. The van der Waals surface area contributed by atoms with Crippen molar-refractivity contribution in [2.24, 2.45) is 0 Å². The molecule has 2 aliphatic rings. The zero-order chi connectivity index (χ0) is 17.9. The summed E-state index contributed by atoms with van der Waals surface area (Å²) in [6.07, 6.45) is 5.18. The van der Waals surface area contributed by atoms with E-state index in [4.69, 9.17) is 0 Å². The van der Waals surface area contributed by atoms with Crippen LogP contribution in [0.3, 0.4) is 0 Å². The fourth-order valence-corrected chi connectivity index (χ4v) is 3.80. The molecule has 6 nitrogen and oxygen atoms in total. The van der Waals surface area contributed by atoms with E-state index < -0.39 is 0 Å². The molecule has 3 heterocycles. The number of carbonyl (C=O) groups excluding carboxylic acids is 2. The third kappa shape index (κ3) is 3.20. The van der Waals surface area contributed by atoms with E-state index in [2.05, 4.69) is 10.3 Å². The zero-order valence-electron chi connectivity index (χ0n) is 14.5. The second kappa shape index (κ2) is 7.25. The first kappa shape index (κ1) is 16.7. The Morgan fingerprint density at radius 3 is 2.50 bits per heavy atom. The number of pyridine rings is 1. The highest BCUT2D eigenvalue weighted by atomic mass is 16.2. The molecule has 0 saturated carbocycles. The molecule has 2 aromatic rings. The lowest BCUT2D eigenvalue weighted by Crippen LogP contribution is -2.68. The second-order valence-corrected chi connectivity index (χ2v) is 6.82. The van der Waals surface area contributed by atoms with E-state index in [0.29, 0.717) is 6.54 Å². The third-order valence-corrected chi connectivity index (χ3v) is 5.12. The number of hydrogen-bond acceptors (Lipinski definition) is 4. The number of fused-ring (bicyclic) bond motifs is 1. The molecule has 2 saturated heterocycles. The number of imide groups is 1. The van der Waals surface area contributed by atoms with E-state index in [9.17, 15) is 9.59 Å². The van der Waals surface area contributed by atoms with Crippen molar-refractivity contribution in [2.75, 3.05) is 6.54 Å². The molecule has 0 spiro atoms. The van der Waals surface area contributed by atoms with Crippen LogP contribution < -0.4 is 5.32 Å². The Balaban J connectivity index is 1.62. The first-order valence-electron chi connectivity index (χ1n) is 9.02. The zero-order valence-corrected chi connectivity index (χ0v) is 14.5. The van der Waals surface area contributed by atoms with Gasteiger partial charge in [-0.25, -0.2) is 4.79 Å². The lowest BCUT2D eigenvalue weighted by Gasteiger charge is -2.47. The molecule has 2 unspecified atom stereocenters. The van der Waals surface area contributed by atoms with Crippen molar-refractivity contribution in [3.05, 3.63) is 66.0 Å². The molecule has 0 bridgehead atoms. The summed E-state index contributed by atoms with van der Waals surface area (Å²) in [5, 5.41) is 3.33. The van der Waals surface area contributed by atoms with Gasteiger partial charge in [-0.05, 0) is 42.6 Å². The maximum Gasteiger partial charge on any atom is 0.327 e. The quantitative estimate of drug-likeness (QED) is 0.918.